The molecule has 3 rings (SSSR count). The highest BCUT2D eigenvalue weighted by Crippen LogP contribution is 2.33. The third-order valence-electron chi connectivity index (χ3n) is 5.85. The Morgan fingerprint density at radius 2 is 1.88 bits per heavy atom. The lowest BCUT2D eigenvalue weighted by Gasteiger charge is -2.48. The normalized spacial score (nSPS) is 24.0. The third-order valence-corrected chi connectivity index (χ3v) is 5.85. The topological polar surface area (TPSA) is 62.8 Å². The smallest absolute Gasteiger partial charge is 0.314 e. The Hall–Kier alpha value is -0.850. The van der Waals surface area contributed by atoms with Crippen LogP contribution in [0.25, 0.3) is 0 Å². The van der Waals surface area contributed by atoms with Gasteiger partial charge >= 0.3 is 6.03 Å². The molecule has 6 nitrogen and oxygen atoms in total. The van der Waals surface area contributed by atoms with E-state index in [9.17, 15) is 4.79 Å². The second kappa shape index (κ2) is 9.74. The highest BCUT2D eigenvalue weighted by molar-refractivity contribution is 5.73. The van der Waals surface area contributed by atoms with Crippen molar-refractivity contribution in [3.8, 4) is 0 Å². The van der Waals surface area contributed by atoms with E-state index in [0.29, 0.717) is 6.54 Å². The van der Waals surface area contributed by atoms with E-state index in [4.69, 9.17) is 9.47 Å². The Morgan fingerprint density at radius 1 is 1.12 bits per heavy atom. The molecule has 3 fully saturated rings. The summed E-state index contributed by atoms with van der Waals surface area (Å²) in [7, 11) is 0. The van der Waals surface area contributed by atoms with Crippen LogP contribution in [0.4, 0.5) is 4.79 Å². The average Bonchev–Trinajstić information content (AvgIpc) is 3.49. The predicted molar refractivity (Wildman–Crippen MR) is 97.8 cm³/mol. The molecule has 1 saturated heterocycles. The van der Waals surface area contributed by atoms with Crippen molar-refractivity contribution in [1.29, 1.82) is 0 Å². The zero-order chi connectivity index (χ0) is 17.4. The average molecular weight is 354 g/mol. The molecule has 6 heteroatoms. The second-order valence-electron chi connectivity index (χ2n) is 7.87. The minimum absolute atomic E-state index is 0.0413. The predicted octanol–water partition coefficient (Wildman–Crippen LogP) is 2.14. The van der Waals surface area contributed by atoms with Gasteiger partial charge in [0, 0.05) is 44.9 Å². The number of carbonyl (C=O) groups is 1. The lowest BCUT2D eigenvalue weighted by atomic mass is 9.80. The van der Waals surface area contributed by atoms with Gasteiger partial charge in [0.1, 0.15) is 0 Å². The SMILES string of the molecule is O=C(NCCCOCC1CC1)NCC1(N2CCOCC2)CCCCC1. The Labute approximate surface area is 152 Å². The summed E-state index contributed by atoms with van der Waals surface area (Å²) in [6.45, 7) is 6.67. The molecule has 2 aliphatic carbocycles. The largest absolute Gasteiger partial charge is 0.381 e. The molecule has 0 atom stereocenters. The number of ether oxygens (including phenoxy) is 2. The molecule has 1 aliphatic heterocycles. The summed E-state index contributed by atoms with van der Waals surface area (Å²) >= 11 is 0. The van der Waals surface area contributed by atoms with E-state index in [1.165, 1.54) is 44.9 Å². The van der Waals surface area contributed by atoms with Gasteiger partial charge in [-0.2, -0.15) is 0 Å². The summed E-state index contributed by atoms with van der Waals surface area (Å²) < 4.78 is 11.1. The standard InChI is InChI=1S/C19H35N3O3/c23-18(20-9-4-12-25-15-17-5-6-17)21-16-19(7-2-1-3-8-19)22-10-13-24-14-11-22/h17H,1-16H2,(H2,20,21,23). The van der Waals surface area contributed by atoms with Crippen molar-refractivity contribution in [3.05, 3.63) is 0 Å². The molecule has 0 bridgehead atoms. The number of urea groups is 1. The summed E-state index contributed by atoms with van der Waals surface area (Å²) in [5, 5.41) is 6.11. The maximum absolute atomic E-state index is 12.2. The molecule has 2 saturated carbocycles. The Bertz CT molecular complexity index is 403. The lowest BCUT2D eigenvalue weighted by Crippen LogP contribution is -2.60. The summed E-state index contributed by atoms with van der Waals surface area (Å²) in [4.78, 5) is 14.7. The van der Waals surface area contributed by atoms with Gasteiger partial charge in [-0.25, -0.2) is 4.79 Å². The van der Waals surface area contributed by atoms with Crippen molar-refractivity contribution in [2.24, 2.45) is 5.92 Å². The Kier molecular flexibility index (Phi) is 7.37. The van der Waals surface area contributed by atoms with E-state index >= 15 is 0 Å². The first-order valence-electron chi connectivity index (χ1n) is 10.2. The molecule has 0 radical (unpaired) electrons. The fourth-order valence-corrected chi connectivity index (χ4v) is 4.07. The quantitative estimate of drug-likeness (QED) is 0.624. The number of hydrogen-bond donors (Lipinski definition) is 2. The number of nitrogens with one attached hydrogen (secondary N) is 2. The van der Waals surface area contributed by atoms with Crippen molar-refractivity contribution in [3.63, 3.8) is 0 Å². The molecule has 2 N–H and O–H groups in total. The Balaban J connectivity index is 1.34. The first-order chi connectivity index (χ1) is 12.3. The van der Waals surface area contributed by atoms with Crippen LogP contribution in [0.2, 0.25) is 0 Å². The van der Waals surface area contributed by atoms with E-state index in [-0.39, 0.29) is 11.6 Å². The molecule has 144 valence electrons. The van der Waals surface area contributed by atoms with Crippen molar-refractivity contribution in [2.45, 2.75) is 56.9 Å². The van der Waals surface area contributed by atoms with Crippen molar-refractivity contribution in [2.75, 3.05) is 52.6 Å². The van der Waals surface area contributed by atoms with Gasteiger partial charge in [-0.3, -0.25) is 4.90 Å². The van der Waals surface area contributed by atoms with Crippen molar-refractivity contribution < 1.29 is 14.3 Å². The molecule has 2 amide bonds. The van der Waals surface area contributed by atoms with Gasteiger partial charge < -0.3 is 20.1 Å². The zero-order valence-electron chi connectivity index (χ0n) is 15.6. The van der Waals surface area contributed by atoms with Crippen LogP contribution in [0, 0.1) is 5.92 Å². The first-order valence-corrected chi connectivity index (χ1v) is 10.2. The van der Waals surface area contributed by atoms with Gasteiger partial charge in [-0.1, -0.05) is 19.3 Å². The number of carbonyl (C=O) groups excluding carboxylic acids is 1. The van der Waals surface area contributed by atoms with Gasteiger partial charge in [-0.05, 0) is 38.0 Å². The summed E-state index contributed by atoms with van der Waals surface area (Å²) in [6.07, 6.45) is 9.74. The van der Waals surface area contributed by atoms with Crippen molar-refractivity contribution in [1.82, 2.24) is 15.5 Å². The molecule has 0 aromatic carbocycles. The molecule has 0 unspecified atom stereocenters. The van der Waals surface area contributed by atoms with E-state index in [2.05, 4.69) is 15.5 Å². The minimum Gasteiger partial charge on any atom is -0.381 e. The van der Waals surface area contributed by atoms with Gasteiger partial charge in [0.05, 0.1) is 13.2 Å². The summed E-state index contributed by atoms with van der Waals surface area (Å²) in [5.74, 6) is 0.808. The number of rotatable bonds is 9. The summed E-state index contributed by atoms with van der Waals surface area (Å²) in [6, 6.07) is -0.0413. The zero-order valence-corrected chi connectivity index (χ0v) is 15.6. The molecular weight excluding hydrogens is 318 g/mol. The van der Waals surface area contributed by atoms with Gasteiger partial charge in [-0.15, -0.1) is 0 Å². The molecule has 3 aliphatic rings. The van der Waals surface area contributed by atoms with Crippen LogP contribution < -0.4 is 10.6 Å². The maximum Gasteiger partial charge on any atom is 0.314 e. The van der Waals surface area contributed by atoms with E-state index < -0.39 is 0 Å². The molecular formula is C19H35N3O3. The van der Waals surface area contributed by atoms with Crippen molar-refractivity contribution >= 4 is 6.03 Å². The number of hydrogen-bond acceptors (Lipinski definition) is 4. The first kappa shape index (κ1) is 18.9. The lowest BCUT2D eigenvalue weighted by molar-refractivity contribution is -0.0357. The number of morpholine rings is 1. The molecule has 1 heterocycles. The second-order valence-corrected chi connectivity index (χ2v) is 7.87. The fourth-order valence-electron chi connectivity index (χ4n) is 4.07. The Morgan fingerprint density at radius 3 is 2.60 bits per heavy atom. The van der Waals surface area contributed by atoms with Gasteiger partial charge in [0.25, 0.3) is 0 Å². The van der Waals surface area contributed by atoms with E-state index in [0.717, 1.165) is 58.4 Å². The highest BCUT2D eigenvalue weighted by atomic mass is 16.5. The third kappa shape index (κ3) is 6.12. The van der Waals surface area contributed by atoms with Crippen LogP contribution in [0.1, 0.15) is 51.4 Å². The molecule has 0 aromatic heterocycles. The monoisotopic (exact) mass is 353 g/mol. The van der Waals surface area contributed by atoms with Crippen LogP contribution in [0.15, 0.2) is 0 Å². The number of nitrogens with zero attached hydrogens (tertiary/aromatic N) is 1. The minimum atomic E-state index is -0.0413. The molecule has 25 heavy (non-hydrogen) atoms. The summed E-state index contributed by atoms with van der Waals surface area (Å²) in [5.41, 5.74) is 0.132. The highest BCUT2D eigenvalue weighted by Gasteiger charge is 2.38. The van der Waals surface area contributed by atoms with Crippen LogP contribution in [0.5, 0.6) is 0 Å². The van der Waals surface area contributed by atoms with E-state index in [1.54, 1.807) is 0 Å². The fraction of sp³-hybridized carbons (Fsp3) is 0.947. The molecule has 0 aromatic rings. The van der Waals surface area contributed by atoms with E-state index in [1.807, 2.05) is 0 Å². The van der Waals surface area contributed by atoms with Crippen LogP contribution in [0.3, 0.4) is 0 Å². The van der Waals surface area contributed by atoms with Gasteiger partial charge in [0.15, 0.2) is 0 Å². The van der Waals surface area contributed by atoms with Crippen LogP contribution in [-0.2, 0) is 9.47 Å². The number of amides is 2. The van der Waals surface area contributed by atoms with Crippen LogP contribution in [-0.4, -0.2) is 69.1 Å². The maximum atomic E-state index is 12.2. The van der Waals surface area contributed by atoms with Crippen LogP contribution >= 0.6 is 0 Å². The molecule has 0 spiro atoms. The van der Waals surface area contributed by atoms with Gasteiger partial charge in [0.2, 0.25) is 0 Å².